The molecule has 0 fully saturated rings. The Morgan fingerprint density at radius 1 is 0.913 bits per heavy atom. The van der Waals surface area contributed by atoms with Gasteiger partial charge in [-0.1, -0.05) is 5.92 Å². The van der Waals surface area contributed by atoms with Crippen LogP contribution in [0.25, 0.3) is 22.8 Å². The van der Waals surface area contributed by atoms with Gasteiger partial charge in [0.1, 0.15) is 0 Å². The van der Waals surface area contributed by atoms with Gasteiger partial charge < -0.3 is 4.42 Å². The van der Waals surface area contributed by atoms with Gasteiger partial charge in [-0.05, 0) is 48.5 Å². The third kappa shape index (κ3) is 3.11. The zero-order valence-electron chi connectivity index (χ0n) is 11.8. The van der Waals surface area contributed by atoms with Gasteiger partial charge in [0.2, 0.25) is 5.89 Å². The van der Waals surface area contributed by atoms with Crippen LogP contribution in [0.4, 0.5) is 13.2 Å². The summed E-state index contributed by atoms with van der Waals surface area (Å²) >= 11 is 0. The fourth-order valence-corrected chi connectivity index (χ4v) is 2.07. The Bertz CT molecular complexity index is 853. The summed E-state index contributed by atoms with van der Waals surface area (Å²) in [5.74, 6) is 3.29. The van der Waals surface area contributed by atoms with Crippen molar-refractivity contribution < 1.29 is 17.6 Å². The summed E-state index contributed by atoms with van der Waals surface area (Å²) in [7, 11) is 0. The van der Waals surface area contributed by atoms with Crippen molar-refractivity contribution in [1.82, 2.24) is 4.98 Å². The summed E-state index contributed by atoms with van der Waals surface area (Å²) in [6.45, 7) is 0. The minimum absolute atomic E-state index is 0.259. The molecule has 23 heavy (non-hydrogen) atoms. The third-order valence-corrected chi connectivity index (χ3v) is 3.30. The molecule has 0 saturated carbocycles. The topological polar surface area (TPSA) is 26.0 Å². The van der Waals surface area contributed by atoms with Crippen molar-refractivity contribution >= 4 is 0 Å². The molecule has 1 heterocycles. The predicted molar refractivity (Wildman–Crippen MR) is 80.3 cm³/mol. The van der Waals surface area contributed by atoms with Crippen LogP contribution >= 0.6 is 0 Å². The number of hydrogen-bond acceptors (Lipinski definition) is 2. The summed E-state index contributed by atoms with van der Waals surface area (Å²) < 4.78 is 43.3. The summed E-state index contributed by atoms with van der Waals surface area (Å²) in [5, 5.41) is 0. The van der Waals surface area contributed by atoms with Gasteiger partial charge in [-0.15, -0.1) is 6.42 Å². The number of benzene rings is 2. The van der Waals surface area contributed by atoms with E-state index < -0.39 is 11.7 Å². The van der Waals surface area contributed by atoms with Crippen LogP contribution in [0, 0.1) is 12.3 Å². The molecule has 0 aliphatic heterocycles. The van der Waals surface area contributed by atoms with Crippen LogP contribution in [0.15, 0.2) is 59.1 Å². The molecule has 2 nitrogen and oxygen atoms in total. The van der Waals surface area contributed by atoms with Crippen molar-refractivity contribution in [2.45, 2.75) is 6.18 Å². The highest BCUT2D eigenvalue weighted by atomic mass is 19.4. The van der Waals surface area contributed by atoms with Gasteiger partial charge >= 0.3 is 6.18 Å². The molecule has 0 saturated heterocycles. The fraction of sp³-hybridized carbons (Fsp3) is 0.0556. The first kappa shape index (κ1) is 14.9. The van der Waals surface area contributed by atoms with E-state index >= 15 is 0 Å². The molecule has 0 unspecified atom stereocenters. The van der Waals surface area contributed by atoms with E-state index in [2.05, 4.69) is 10.9 Å². The monoisotopic (exact) mass is 313 g/mol. The third-order valence-electron chi connectivity index (χ3n) is 3.30. The lowest BCUT2D eigenvalue weighted by Crippen LogP contribution is -2.03. The number of hydrogen-bond donors (Lipinski definition) is 0. The van der Waals surface area contributed by atoms with Crippen LogP contribution < -0.4 is 0 Å². The van der Waals surface area contributed by atoms with Gasteiger partial charge in [-0.2, -0.15) is 13.2 Å². The molecule has 3 aromatic rings. The van der Waals surface area contributed by atoms with Gasteiger partial charge in [0.15, 0.2) is 5.76 Å². The number of terminal acetylenes is 1. The Labute approximate surface area is 130 Å². The first-order valence-corrected chi connectivity index (χ1v) is 6.68. The number of alkyl halides is 3. The number of rotatable bonds is 2. The van der Waals surface area contributed by atoms with E-state index in [0.717, 1.165) is 23.3 Å². The summed E-state index contributed by atoms with van der Waals surface area (Å²) in [4.78, 5) is 4.11. The summed E-state index contributed by atoms with van der Waals surface area (Å²) in [6, 6.07) is 11.8. The molecular weight excluding hydrogens is 303 g/mol. The maximum Gasteiger partial charge on any atom is 0.416 e. The van der Waals surface area contributed by atoms with Crippen LogP contribution in [0.2, 0.25) is 0 Å². The van der Waals surface area contributed by atoms with Gasteiger partial charge in [-0.3, -0.25) is 0 Å². The minimum atomic E-state index is -4.36. The molecule has 0 bridgehead atoms. The van der Waals surface area contributed by atoms with E-state index in [-0.39, 0.29) is 5.89 Å². The van der Waals surface area contributed by atoms with E-state index in [0.29, 0.717) is 11.3 Å². The van der Waals surface area contributed by atoms with Crippen molar-refractivity contribution in [3.8, 4) is 35.1 Å². The molecule has 0 aliphatic rings. The summed E-state index contributed by atoms with van der Waals surface area (Å²) in [6.07, 6.45) is 2.46. The quantitative estimate of drug-likeness (QED) is 0.622. The standard InChI is InChI=1S/C18H10F3NO/c1-2-12-3-5-13(6-4-12)16-11-22-17(23-16)14-7-9-15(10-8-14)18(19,20)21/h1,3-11H. The van der Waals surface area contributed by atoms with Crippen LogP contribution in [0.3, 0.4) is 0 Å². The van der Waals surface area contributed by atoms with Crippen LogP contribution in [0.5, 0.6) is 0 Å². The molecule has 114 valence electrons. The average molecular weight is 313 g/mol. The second-order valence-corrected chi connectivity index (χ2v) is 4.83. The SMILES string of the molecule is C#Cc1ccc(-c2cnc(-c3ccc(C(F)(F)F)cc3)o2)cc1. The van der Waals surface area contributed by atoms with Crippen LogP contribution in [0.1, 0.15) is 11.1 Å². The number of halogens is 3. The van der Waals surface area contributed by atoms with Gasteiger partial charge in [0.25, 0.3) is 0 Å². The molecule has 1 aromatic heterocycles. The lowest BCUT2D eigenvalue weighted by Gasteiger charge is -2.06. The molecule has 0 radical (unpaired) electrons. The molecule has 0 N–H and O–H groups in total. The minimum Gasteiger partial charge on any atom is -0.436 e. The maximum atomic E-state index is 12.6. The van der Waals surface area contributed by atoms with Gasteiger partial charge in [-0.25, -0.2) is 4.98 Å². The largest absolute Gasteiger partial charge is 0.436 e. The van der Waals surface area contributed by atoms with E-state index in [9.17, 15) is 13.2 Å². The molecule has 3 rings (SSSR count). The first-order chi connectivity index (χ1) is 11.0. The normalized spacial score (nSPS) is 11.2. The van der Waals surface area contributed by atoms with Gasteiger partial charge in [0, 0.05) is 16.7 Å². The second-order valence-electron chi connectivity index (χ2n) is 4.83. The van der Waals surface area contributed by atoms with Crippen molar-refractivity contribution in [1.29, 1.82) is 0 Å². The van der Waals surface area contributed by atoms with Crippen molar-refractivity contribution in [2.75, 3.05) is 0 Å². The zero-order valence-corrected chi connectivity index (χ0v) is 11.8. The molecule has 2 aromatic carbocycles. The number of oxazole rings is 1. The van der Waals surface area contributed by atoms with E-state index in [1.165, 1.54) is 18.3 Å². The molecule has 0 atom stereocenters. The Morgan fingerprint density at radius 3 is 2.09 bits per heavy atom. The van der Waals surface area contributed by atoms with Crippen LogP contribution in [-0.4, -0.2) is 4.98 Å². The van der Waals surface area contributed by atoms with Crippen molar-refractivity contribution in [2.24, 2.45) is 0 Å². The predicted octanol–water partition coefficient (Wildman–Crippen LogP) is 5.01. The maximum absolute atomic E-state index is 12.6. The van der Waals surface area contributed by atoms with Crippen molar-refractivity contribution in [3.63, 3.8) is 0 Å². The number of aromatic nitrogens is 1. The molecular formula is C18H10F3NO. The zero-order chi connectivity index (χ0) is 16.4. The lowest BCUT2D eigenvalue weighted by atomic mass is 10.1. The van der Waals surface area contributed by atoms with Gasteiger partial charge in [0.05, 0.1) is 11.8 Å². The van der Waals surface area contributed by atoms with E-state index in [4.69, 9.17) is 10.8 Å². The fourth-order valence-electron chi connectivity index (χ4n) is 2.07. The summed E-state index contributed by atoms with van der Waals surface area (Å²) in [5.41, 5.74) is 1.30. The Balaban J connectivity index is 1.88. The van der Waals surface area contributed by atoms with Crippen LogP contribution in [-0.2, 0) is 6.18 Å². The molecule has 0 amide bonds. The molecule has 5 heteroatoms. The lowest BCUT2D eigenvalue weighted by molar-refractivity contribution is -0.137. The van der Waals surface area contributed by atoms with E-state index in [1.807, 2.05) is 0 Å². The molecule has 0 aliphatic carbocycles. The average Bonchev–Trinajstić information content (AvgIpc) is 3.04. The highest BCUT2D eigenvalue weighted by Gasteiger charge is 2.30. The second kappa shape index (κ2) is 5.65. The highest BCUT2D eigenvalue weighted by Crippen LogP contribution is 2.31. The highest BCUT2D eigenvalue weighted by molar-refractivity contribution is 5.62. The number of nitrogens with zero attached hydrogens (tertiary/aromatic N) is 1. The molecule has 0 spiro atoms. The Morgan fingerprint density at radius 2 is 1.52 bits per heavy atom. The Kier molecular flexibility index (Phi) is 3.67. The first-order valence-electron chi connectivity index (χ1n) is 6.68. The Hall–Kier alpha value is -3.00. The van der Waals surface area contributed by atoms with Crippen molar-refractivity contribution in [3.05, 3.63) is 65.9 Å². The van der Waals surface area contributed by atoms with E-state index in [1.54, 1.807) is 24.3 Å². The smallest absolute Gasteiger partial charge is 0.416 e.